The summed E-state index contributed by atoms with van der Waals surface area (Å²) in [4.78, 5) is 52.1. The number of pyridine rings is 2. The molecule has 0 unspecified atom stereocenters. The van der Waals surface area contributed by atoms with Gasteiger partial charge in [-0.2, -0.15) is 0 Å². The van der Waals surface area contributed by atoms with Gasteiger partial charge in [0.05, 0.1) is 29.0 Å². The number of nitrogens with zero attached hydrogens (tertiary/aromatic N) is 4. The zero-order chi connectivity index (χ0) is 25.5. The van der Waals surface area contributed by atoms with Gasteiger partial charge in [0.25, 0.3) is 5.91 Å². The molecule has 3 aliphatic rings. The number of thiophene rings is 1. The van der Waals surface area contributed by atoms with Crippen molar-refractivity contribution in [3.63, 3.8) is 0 Å². The molecule has 1 fully saturated rings. The van der Waals surface area contributed by atoms with E-state index < -0.39 is 0 Å². The van der Waals surface area contributed by atoms with Crippen molar-refractivity contribution in [2.75, 3.05) is 23.3 Å². The van der Waals surface area contributed by atoms with Gasteiger partial charge < -0.3 is 15.5 Å². The lowest BCUT2D eigenvalue weighted by Gasteiger charge is -2.29. The number of carbonyl (C=O) groups is 3. The lowest BCUT2D eigenvalue weighted by atomic mass is 10.0. The average Bonchev–Trinajstić information content (AvgIpc) is 3.58. The van der Waals surface area contributed by atoms with E-state index in [1.807, 2.05) is 18.2 Å². The van der Waals surface area contributed by atoms with Crippen LogP contribution in [0.5, 0.6) is 0 Å². The molecule has 0 saturated heterocycles. The Bertz CT molecular complexity index is 1470. The van der Waals surface area contributed by atoms with Crippen molar-refractivity contribution >= 4 is 56.5 Å². The summed E-state index contributed by atoms with van der Waals surface area (Å²) in [6, 6.07) is 5.30. The molecule has 0 spiro atoms. The van der Waals surface area contributed by atoms with Crippen LogP contribution in [0, 0.1) is 0 Å². The SMILES string of the molecule is C=CC(=O)N1CCC=C(NC(=O)c2sc3nccc4c3c2NC(=O)N4c2ccnc(C3CCCC3)c2)C1. The fraction of sp³-hybridized carbons (Fsp3) is 0.296. The molecule has 37 heavy (non-hydrogen) atoms. The predicted octanol–water partition coefficient (Wildman–Crippen LogP) is 5.06. The van der Waals surface area contributed by atoms with Crippen molar-refractivity contribution in [3.8, 4) is 0 Å². The van der Waals surface area contributed by atoms with Crippen LogP contribution in [0.15, 0.2) is 55.0 Å². The molecule has 4 amide bonds. The molecule has 1 saturated carbocycles. The minimum atomic E-state index is -0.343. The molecule has 0 aromatic carbocycles. The fourth-order valence-electron chi connectivity index (χ4n) is 5.38. The van der Waals surface area contributed by atoms with Crippen LogP contribution in [-0.2, 0) is 4.79 Å². The van der Waals surface area contributed by atoms with Gasteiger partial charge >= 0.3 is 6.03 Å². The highest BCUT2D eigenvalue weighted by atomic mass is 32.1. The van der Waals surface area contributed by atoms with Crippen LogP contribution in [0.3, 0.4) is 0 Å². The van der Waals surface area contributed by atoms with Crippen LogP contribution < -0.4 is 15.5 Å². The highest BCUT2D eigenvalue weighted by Gasteiger charge is 2.33. The molecule has 9 nitrogen and oxygen atoms in total. The Morgan fingerprint density at radius 1 is 1.19 bits per heavy atom. The van der Waals surface area contributed by atoms with E-state index in [1.165, 1.54) is 30.3 Å². The van der Waals surface area contributed by atoms with Gasteiger partial charge in [-0.15, -0.1) is 11.3 Å². The largest absolute Gasteiger partial charge is 0.333 e. The van der Waals surface area contributed by atoms with Crippen LogP contribution in [0.2, 0.25) is 0 Å². The van der Waals surface area contributed by atoms with Crippen LogP contribution in [0.4, 0.5) is 21.9 Å². The van der Waals surface area contributed by atoms with Gasteiger partial charge in [0.1, 0.15) is 9.71 Å². The van der Waals surface area contributed by atoms with Crippen LogP contribution in [0.25, 0.3) is 10.2 Å². The summed E-state index contributed by atoms with van der Waals surface area (Å²) in [5, 5.41) is 6.60. The molecule has 2 N–H and O–H groups in total. The monoisotopic (exact) mass is 514 g/mol. The van der Waals surface area contributed by atoms with Crippen molar-refractivity contribution in [3.05, 3.63) is 65.6 Å². The second-order valence-corrected chi connectivity index (χ2v) is 10.4. The van der Waals surface area contributed by atoms with Crippen LogP contribution in [0.1, 0.15) is 53.4 Å². The number of anilines is 3. The normalized spacial score (nSPS) is 17.5. The van der Waals surface area contributed by atoms with Crippen molar-refractivity contribution < 1.29 is 14.4 Å². The fourth-order valence-corrected chi connectivity index (χ4v) is 6.39. The number of hydrogen-bond acceptors (Lipinski definition) is 6. The topological polar surface area (TPSA) is 108 Å². The molecular weight excluding hydrogens is 488 g/mol. The average molecular weight is 515 g/mol. The van der Waals surface area contributed by atoms with Crippen molar-refractivity contribution in [1.29, 1.82) is 0 Å². The zero-order valence-corrected chi connectivity index (χ0v) is 21.0. The Balaban J connectivity index is 1.33. The molecule has 1 aliphatic carbocycles. The Morgan fingerprint density at radius 2 is 2.00 bits per heavy atom. The van der Waals surface area contributed by atoms with Gasteiger partial charge in [0.15, 0.2) is 0 Å². The van der Waals surface area contributed by atoms with Gasteiger partial charge in [-0.3, -0.25) is 19.5 Å². The Labute approximate surface area is 217 Å². The first-order chi connectivity index (χ1) is 18.0. The third kappa shape index (κ3) is 4.17. The Kier molecular flexibility index (Phi) is 5.96. The van der Waals surface area contributed by atoms with E-state index in [2.05, 4.69) is 27.2 Å². The van der Waals surface area contributed by atoms with E-state index in [4.69, 9.17) is 0 Å². The maximum absolute atomic E-state index is 13.4. The number of nitrogens with one attached hydrogen (secondary N) is 2. The van der Waals surface area contributed by atoms with E-state index in [1.54, 1.807) is 28.3 Å². The summed E-state index contributed by atoms with van der Waals surface area (Å²) in [6.45, 7) is 4.42. The standard InChI is InChI=1S/C27H26N6O3S/c1-2-21(34)32-13-5-8-17(15-32)30-25(35)24-23-22-20(10-12-29-26(22)37-24)33(27(36)31-23)18-9-11-28-19(14-18)16-6-3-4-7-16/h2,8-12,14,16H,1,3-7,13,15H2,(H,30,35)(H,31,36). The number of rotatable bonds is 5. The van der Waals surface area contributed by atoms with Crippen LogP contribution >= 0.6 is 11.3 Å². The van der Waals surface area contributed by atoms with E-state index in [0.29, 0.717) is 52.2 Å². The van der Waals surface area contributed by atoms with Crippen molar-refractivity contribution in [2.45, 2.75) is 38.0 Å². The van der Waals surface area contributed by atoms with E-state index in [0.717, 1.165) is 29.6 Å². The predicted molar refractivity (Wildman–Crippen MR) is 143 cm³/mol. The summed E-state index contributed by atoms with van der Waals surface area (Å²) < 4.78 is 0. The van der Waals surface area contributed by atoms with Gasteiger partial charge in [-0.1, -0.05) is 25.5 Å². The molecular formula is C27H26N6O3S. The number of amides is 4. The summed E-state index contributed by atoms with van der Waals surface area (Å²) in [5.74, 6) is -0.0986. The number of hydrogen-bond donors (Lipinski definition) is 2. The second kappa shape index (κ2) is 9.44. The first-order valence-corrected chi connectivity index (χ1v) is 13.3. The van der Waals surface area contributed by atoms with E-state index >= 15 is 0 Å². The summed E-state index contributed by atoms with van der Waals surface area (Å²) >= 11 is 1.23. The van der Waals surface area contributed by atoms with Gasteiger partial charge in [0, 0.05) is 36.2 Å². The third-order valence-corrected chi connectivity index (χ3v) is 8.26. The van der Waals surface area contributed by atoms with Crippen LogP contribution in [-0.4, -0.2) is 45.8 Å². The molecule has 6 rings (SSSR count). The maximum Gasteiger partial charge on any atom is 0.331 e. The molecule has 0 atom stereocenters. The van der Waals surface area contributed by atoms with Gasteiger partial charge in [-0.05, 0) is 43.5 Å². The molecule has 5 heterocycles. The highest BCUT2D eigenvalue weighted by Crippen LogP contribution is 2.46. The van der Waals surface area contributed by atoms with Gasteiger partial charge in [0.2, 0.25) is 5.91 Å². The molecule has 2 aliphatic heterocycles. The second-order valence-electron chi connectivity index (χ2n) is 9.44. The maximum atomic E-state index is 13.4. The molecule has 3 aromatic heterocycles. The first-order valence-electron chi connectivity index (χ1n) is 12.4. The number of aromatic nitrogens is 2. The van der Waals surface area contributed by atoms with E-state index in [9.17, 15) is 14.4 Å². The number of urea groups is 1. The summed E-state index contributed by atoms with van der Waals surface area (Å²) in [5.41, 5.74) is 3.53. The quantitative estimate of drug-likeness (QED) is 0.463. The molecule has 10 heteroatoms. The Morgan fingerprint density at radius 3 is 2.81 bits per heavy atom. The summed E-state index contributed by atoms with van der Waals surface area (Å²) in [6.07, 6.45) is 11.9. The highest BCUT2D eigenvalue weighted by molar-refractivity contribution is 7.21. The molecule has 3 aromatic rings. The van der Waals surface area contributed by atoms with Gasteiger partial charge in [-0.25, -0.2) is 9.78 Å². The van der Waals surface area contributed by atoms with Crippen molar-refractivity contribution in [1.82, 2.24) is 20.2 Å². The van der Waals surface area contributed by atoms with Crippen molar-refractivity contribution in [2.24, 2.45) is 0 Å². The van der Waals surface area contributed by atoms with E-state index in [-0.39, 0.29) is 17.8 Å². The minimum Gasteiger partial charge on any atom is -0.333 e. The Hall–Kier alpha value is -4.05. The zero-order valence-electron chi connectivity index (χ0n) is 20.2. The minimum absolute atomic E-state index is 0.176. The smallest absolute Gasteiger partial charge is 0.331 e. The lowest BCUT2D eigenvalue weighted by Crippen LogP contribution is -2.39. The summed E-state index contributed by atoms with van der Waals surface area (Å²) in [7, 11) is 0. The third-order valence-electron chi connectivity index (χ3n) is 7.16. The molecule has 0 bridgehead atoms. The lowest BCUT2D eigenvalue weighted by molar-refractivity contribution is -0.125. The molecule has 188 valence electrons. The number of carbonyl (C=O) groups excluding carboxylic acids is 3. The first kappa shape index (κ1) is 23.4. The molecule has 0 radical (unpaired) electrons.